The summed E-state index contributed by atoms with van der Waals surface area (Å²) in [5, 5.41) is 14.7. The van der Waals surface area contributed by atoms with Crippen LogP contribution in [-0.4, -0.2) is 116 Å². The number of carbonyl (C=O) groups excluding carboxylic acids is 4. The smallest absolute Gasteiger partial charge is 0.404 e. The summed E-state index contributed by atoms with van der Waals surface area (Å²) in [4.78, 5) is 67.8. The van der Waals surface area contributed by atoms with Gasteiger partial charge in [-0.15, -0.1) is 0 Å². The second kappa shape index (κ2) is 19.2. The number of nitrogens with one attached hydrogen (secondary N) is 3. The fourth-order valence-electron chi connectivity index (χ4n) is 8.57. The van der Waals surface area contributed by atoms with Gasteiger partial charge in [-0.2, -0.15) is 13.2 Å². The summed E-state index contributed by atoms with van der Waals surface area (Å²) in [5.74, 6) is -2.20. The van der Waals surface area contributed by atoms with E-state index in [0.717, 1.165) is 80.9 Å². The minimum absolute atomic E-state index is 0.0612. The lowest BCUT2D eigenvalue weighted by Crippen LogP contribution is -2.54. The lowest BCUT2D eigenvalue weighted by Gasteiger charge is -2.41. The summed E-state index contributed by atoms with van der Waals surface area (Å²) in [5.41, 5.74) is 3.63. The summed E-state index contributed by atoms with van der Waals surface area (Å²) in [6.07, 6.45) is 1.81. The van der Waals surface area contributed by atoms with Crippen molar-refractivity contribution in [3.8, 4) is 0 Å². The van der Waals surface area contributed by atoms with E-state index < -0.39 is 69.5 Å². The highest BCUT2D eigenvalue weighted by Crippen LogP contribution is 2.37. The molecule has 2 atom stereocenters. The number of benzene rings is 2. The molecule has 0 aliphatic carbocycles. The Hall–Kier alpha value is -5.64. The summed E-state index contributed by atoms with van der Waals surface area (Å²) in [7, 11) is -1.75. The molecule has 4 amide bonds. The fourth-order valence-corrected chi connectivity index (χ4v) is 9.41. The first kappa shape index (κ1) is 46.4. The van der Waals surface area contributed by atoms with Crippen LogP contribution in [0.4, 0.5) is 34.9 Å². The molecule has 1 aromatic heterocycles. The zero-order valence-corrected chi connectivity index (χ0v) is 36.1. The topological polar surface area (TPSA) is 216 Å². The second-order valence-electron chi connectivity index (χ2n) is 17.0. The molecule has 342 valence electrons. The van der Waals surface area contributed by atoms with Crippen molar-refractivity contribution in [1.29, 1.82) is 0 Å². The number of aliphatic hydroxyl groups is 1. The zero-order valence-electron chi connectivity index (χ0n) is 35.3. The third-order valence-corrected chi connectivity index (χ3v) is 13.1. The van der Waals surface area contributed by atoms with Gasteiger partial charge < -0.3 is 26.0 Å². The van der Waals surface area contributed by atoms with Gasteiger partial charge in [-0.1, -0.05) is 0 Å². The highest BCUT2D eigenvalue weighted by molar-refractivity contribution is 7.83. The van der Waals surface area contributed by atoms with E-state index in [1.807, 2.05) is 6.07 Å². The van der Waals surface area contributed by atoms with E-state index in [1.165, 1.54) is 26.0 Å². The molecule has 64 heavy (non-hydrogen) atoms. The minimum Gasteiger partial charge on any atom is -0.404 e. The molecular formula is C43H50F4N10O6S. The molecule has 3 saturated heterocycles. The number of allylic oxidation sites excluding steroid dienone is 1. The first-order chi connectivity index (χ1) is 30.4. The number of amides is 4. The van der Waals surface area contributed by atoms with Crippen LogP contribution in [0.5, 0.6) is 0 Å². The maximum Gasteiger partial charge on any atom is 0.419 e. The lowest BCUT2D eigenvalue weighted by molar-refractivity contribution is -0.138. The number of halogens is 4. The minimum atomic E-state index is -4.84. The molecule has 0 spiro atoms. The Morgan fingerprint density at radius 1 is 0.984 bits per heavy atom. The molecule has 0 bridgehead atoms. The van der Waals surface area contributed by atoms with Gasteiger partial charge in [0.15, 0.2) is 0 Å². The van der Waals surface area contributed by atoms with E-state index in [-0.39, 0.29) is 52.6 Å². The van der Waals surface area contributed by atoms with Crippen LogP contribution in [-0.2, 0) is 26.8 Å². The highest BCUT2D eigenvalue weighted by Gasteiger charge is 2.45. The Kier molecular flexibility index (Phi) is 13.9. The van der Waals surface area contributed by atoms with Gasteiger partial charge in [-0.25, -0.2) is 23.3 Å². The summed E-state index contributed by atoms with van der Waals surface area (Å²) in [6, 6.07) is 7.99. The number of carbonyl (C=O) groups is 4. The normalized spacial score (nSPS) is 20.3. The van der Waals surface area contributed by atoms with Gasteiger partial charge in [-0.3, -0.25) is 34.4 Å². The summed E-state index contributed by atoms with van der Waals surface area (Å²) >= 11 is 0. The van der Waals surface area contributed by atoms with Crippen LogP contribution >= 0.6 is 0 Å². The fraction of sp³-hybridized carbons (Fsp3) is 0.465. The number of imide groups is 2. The number of rotatable bonds is 14. The number of nitrogens with two attached hydrogens (primary N) is 1. The molecule has 4 aliphatic rings. The third-order valence-electron chi connectivity index (χ3n) is 11.9. The number of alkyl halides is 3. The first-order valence-electron chi connectivity index (χ1n) is 21.0. The van der Waals surface area contributed by atoms with E-state index in [1.54, 1.807) is 12.1 Å². The summed E-state index contributed by atoms with van der Waals surface area (Å²) < 4.78 is 72.8. The van der Waals surface area contributed by atoms with Crippen LogP contribution in [0.1, 0.15) is 84.3 Å². The van der Waals surface area contributed by atoms with Crippen molar-refractivity contribution in [2.24, 2.45) is 22.6 Å². The maximum atomic E-state index is 15.3. The zero-order chi connectivity index (χ0) is 45.9. The molecule has 6 N–H and O–H groups in total. The van der Waals surface area contributed by atoms with Crippen molar-refractivity contribution in [3.63, 3.8) is 0 Å². The maximum absolute atomic E-state index is 15.3. The quantitative estimate of drug-likeness (QED) is 0.0876. The van der Waals surface area contributed by atoms with E-state index in [0.29, 0.717) is 31.1 Å². The number of aromatic nitrogens is 2. The van der Waals surface area contributed by atoms with Crippen LogP contribution in [0.15, 0.2) is 58.7 Å². The van der Waals surface area contributed by atoms with Crippen LogP contribution in [0.2, 0.25) is 0 Å². The molecule has 4 aliphatic heterocycles. The van der Waals surface area contributed by atoms with Gasteiger partial charge in [0.25, 0.3) is 11.8 Å². The number of piperidine rings is 3. The van der Waals surface area contributed by atoms with Gasteiger partial charge in [0.2, 0.25) is 17.8 Å². The van der Waals surface area contributed by atoms with Crippen molar-refractivity contribution < 1.29 is 46.1 Å². The molecule has 3 aromatic rings. The monoisotopic (exact) mass is 910 g/mol. The Balaban J connectivity index is 0.857. The number of fused-ring (bicyclic) bond motifs is 1. The second-order valence-corrected chi connectivity index (χ2v) is 18.3. The van der Waals surface area contributed by atoms with Crippen LogP contribution < -0.4 is 26.0 Å². The number of hydrogen-bond acceptors (Lipinski definition) is 13. The molecular weight excluding hydrogens is 861 g/mol. The number of aliphatic imine (C=N–C) groups is 1. The molecule has 5 heterocycles. The Labute approximate surface area is 369 Å². The Morgan fingerprint density at radius 2 is 1.67 bits per heavy atom. The van der Waals surface area contributed by atoms with E-state index >= 15 is 4.39 Å². The SMILES string of the molecule is CC(C)(O)CN=C/C(=C\N)c1nc(Nc2ccc(S(=O)NCCN3CCC(C4CCN(c5ccc6c(c5)C(=O)N(C5CCC(=O)NC5=O)C6=O)CC4)CC3)cc2F)ncc1C(F)(F)F. The van der Waals surface area contributed by atoms with Crippen LogP contribution in [0, 0.1) is 17.7 Å². The van der Waals surface area contributed by atoms with Crippen molar-refractivity contribution in [3.05, 3.63) is 77.0 Å². The Morgan fingerprint density at radius 3 is 2.31 bits per heavy atom. The van der Waals surface area contributed by atoms with E-state index in [9.17, 15) is 41.7 Å². The lowest BCUT2D eigenvalue weighted by atomic mass is 9.78. The molecule has 3 fully saturated rings. The molecule has 21 heteroatoms. The first-order valence-corrected chi connectivity index (χ1v) is 22.2. The van der Waals surface area contributed by atoms with Gasteiger partial charge in [0.1, 0.15) is 28.4 Å². The molecule has 2 unspecified atom stereocenters. The van der Waals surface area contributed by atoms with Crippen molar-refractivity contribution in [2.45, 2.75) is 75.1 Å². The molecule has 0 radical (unpaired) electrons. The number of anilines is 3. The molecule has 16 nitrogen and oxygen atoms in total. The number of hydrogen-bond donors (Lipinski definition) is 5. The average molecular weight is 911 g/mol. The van der Waals surface area contributed by atoms with Gasteiger partial charge in [0, 0.05) is 62.5 Å². The summed E-state index contributed by atoms with van der Waals surface area (Å²) in [6.45, 7) is 7.22. The molecule has 0 saturated carbocycles. The van der Waals surface area contributed by atoms with Crippen molar-refractivity contribution in [1.82, 2.24) is 29.8 Å². The standard InChI is InChI=1S/C43H50F4N10O6S/c1-42(2,62)24-49-22-27(21-48)37-32(43(45,46)47)23-50-41(54-37)52-34-6-4-29(20-33(34)44)64(63)51-13-18-55-14-9-25(10-15-55)26-11-16-56(17-12-26)28-3-5-30-31(19-28)40(61)57(39(30)60)35-7-8-36(58)53-38(35)59/h3-6,19-23,25-26,35,51,62H,7-18,24,48H2,1-2H3,(H,50,52,54)(H,53,58,59)/b27-21+,49-22?. The Bertz CT molecular complexity index is 2380. The molecule has 7 rings (SSSR count). The van der Waals surface area contributed by atoms with Crippen molar-refractivity contribution in [2.75, 3.05) is 56.0 Å². The third kappa shape index (κ3) is 10.6. The average Bonchev–Trinajstić information content (AvgIpc) is 3.50. The highest BCUT2D eigenvalue weighted by atomic mass is 32.2. The van der Waals surface area contributed by atoms with Crippen LogP contribution in [0.25, 0.3) is 5.57 Å². The van der Waals surface area contributed by atoms with E-state index in [2.05, 4.69) is 40.1 Å². The van der Waals surface area contributed by atoms with Gasteiger partial charge in [-0.05, 0) is 107 Å². The predicted molar refractivity (Wildman–Crippen MR) is 230 cm³/mol. The molecule has 2 aromatic carbocycles. The van der Waals surface area contributed by atoms with Crippen molar-refractivity contribution >= 4 is 63.7 Å². The van der Waals surface area contributed by atoms with E-state index in [4.69, 9.17) is 5.73 Å². The number of likely N-dealkylation sites (tertiary alicyclic amines) is 1. The predicted octanol–water partition coefficient (Wildman–Crippen LogP) is 4.16. The van der Waals surface area contributed by atoms with Crippen LogP contribution in [0.3, 0.4) is 0 Å². The van der Waals surface area contributed by atoms with Gasteiger partial charge in [0.05, 0.1) is 39.5 Å². The van der Waals surface area contributed by atoms with Gasteiger partial charge >= 0.3 is 6.18 Å². The largest absolute Gasteiger partial charge is 0.419 e. The number of nitrogens with zero attached hydrogens (tertiary/aromatic N) is 6.